The van der Waals surface area contributed by atoms with Gasteiger partial charge in [0.2, 0.25) is 0 Å². The fraction of sp³-hybridized carbons (Fsp3) is 0.357. The van der Waals surface area contributed by atoms with Crippen LogP contribution in [0.5, 0.6) is 0 Å². The van der Waals surface area contributed by atoms with E-state index in [1.165, 1.54) is 0 Å². The molecule has 1 aliphatic rings. The number of benzene rings is 1. The van der Waals surface area contributed by atoms with Crippen LogP contribution in [0.25, 0.3) is 0 Å². The lowest BCUT2D eigenvalue weighted by molar-refractivity contribution is 0.307. The average molecular weight is 408 g/mol. The van der Waals surface area contributed by atoms with E-state index in [0.717, 1.165) is 44.3 Å². The zero-order chi connectivity index (χ0) is 14.4. The van der Waals surface area contributed by atoms with E-state index in [4.69, 9.17) is 5.73 Å². The van der Waals surface area contributed by atoms with Gasteiger partial charge in [0.05, 0.1) is 12.2 Å². The molecule has 0 bridgehead atoms. The summed E-state index contributed by atoms with van der Waals surface area (Å²) in [5.74, 6) is -1.01. The van der Waals surface area contributed by atoms with Crippen LogP contribution in [-0.4, -0.2) is 37.0 Å². The average Bonchev–Trinajstić information content (AvgIpc) is 2.44. The Kier molecular flexibility index (Phi) is 7.58. The van der Waals surface area contributed by atoms with Gasteiger partial charge in [0.15, 0.2) is 5.96 Å². The maximum Gasteiger partial charge on any atom is 0.193 e. The van der Waals surface area contributed by atoms with Gasteiger partial charge in [-0.1, -0.05) is 12.2 Å². The van der Waals surface area contributed by atoms with E-state index < -0.39 is 11.6 Å². The third-order valence-corrected chi connectivity index (χ3v) is 3.03. The van der Waals surface area contributed by atoms with Gasteiger partial charge in [-0.15, -0.1) is 24.0 Å². The van der Waals surface area contributed by atoms with Gasteiger partial charge in [0, 0.05) is 25.7 Å². The Morgan fingerprint density at radius 2 is 2.14 bits per heavy atom. The van der Waals surface area contributed by atoms with Gasteiger partial charge in [-0.3, -0.25) is 9.89 Å². The van der Waals surface area contributed by atoms with Gasteiger partial charge in [0.1, 0.15) is 11.6 Å². The van der Waals surface area contributed by atoms with Crippen LogP contribution in [-0.2, 0) is 0 Å². The number of anilines is 1. The lowest BCUT2D eigenvalue weighted by atomic mass is 10.2. The van der Waals surface area contributed by atoms with Crippen molar-refractivity contribution >= 4 is 35.6 Å². The Hall–Kier alpha value is -1.22. The minimum absolute atomic E-state index is 0. The van der Waals surface area contributed by atoms with Crippen LogP contribution in [0.2, 0.25) is 0 Å². The van der Waals surface area contributed by atoms with Crippen molar-refractivity contribution in [2.75, 3.05) is 31.5 Å². The van der Waals surface area contributed by atoms with Crippen LogP contribution in [0.3, 0.4) is 0 Å². The molecule has 0 aromatic heterocycles. The van der Waals surface area contributed by atoms with Crippen molar-refractivity contribution in [3.8, 4) is 0 Å². The summed E-state index contributed by atoms with van der Waals surface area (Å²) in [5.41, 5.74) is 5.65. The van der Waals surface area contributed by atoms with Gasteiger partial charge < -0.3 is 11.1 Å². The molecule has 3 N–H and O–H groups in total. The molecule has 1 heterocycles. The van der Waals surface area contributed by atoms with Crippen LogP contribution in [0, 0.1) is 11.6 Å². The van der Waals surface area contributed by atoms with E-state index in [9.17, 15) is 8.78 Å². The molecule has 0 saturated carbocycles. The summed E-state index contributed by atoms with van der Waals surface area (Å²) in [4.78, 5) is 6.36. The van der Waals surface area contributed by atoms with Crippen molar-refractivity contribution in [3.05, 3.63) is 42.0 Å². The van der Waals surface area contributed by atoms with Crippen molar-refractivity contribution in [1.82, 2.24) is 4.90 Å². The first-order chi connectivity index (χ1) is 9.65. The third-order valence-electron chi connectivity index (χ3n) is 3.03. The van der Waals surface area contributed by atoms with E-state index >= 15 is 0 Å². The van der Waals surface area contributed by atoms with E-state index in [1.54, 1.807) is 0 Å². The topological polar surface area (TPSA) is 53.6 Å². The highest BCUT2D eigenvalue weighted by Gasteiger charge is 2.06. The molecular formula is C14H19F2IN4. The van der Waals surface area contributed by atoms with Crippen LogP contribution >= 0.6 is 24.0 Å². The second kappa shape index (κ2) is 8.93. The Balaban J connectivity index is 0.00000220. The summed E-state index contributed by atoms with van der Waals surface area (Å²) in [6, 6.07) is 3.15. The Bertz CT molecular complexity index is 520. The number of nitrogens with two attached hydrogens (primary N) is 1. The number of aliphatic imine (C=N–C) groups is 1. The largest absolute Gasteiger partial charge is 0.370 e. The fourth-order valence-corrected chi connectivity index (χ4v) is 1.98. The molecule has 1 aromatic carbocycles. The number of guanidine groups is 1. The third kappa shape index (κ3) is 5.96. The SMILES string of the molecule is I.NC(=NCCN1CC=CCC1)Nc1cc(F)ccc1F. The van der Waals surface area contributed by atoms with Crippen molar-refractivity contribution < 1.29 is 8.78 Å². The monoisotopic (exact) mass is 408 g/mol. The molecule has 0 spiro atoms. The molecule has 0 saturated heterocycles. The van der Waals surface area contributed by atoms with Crippen molar-refractivity contribution in [1.29, 1.82) is 0 Å². The van der Waals surface area contributed by atoms with Gasteiger partial charge in [0.25, 0.3) is 0 Å². The predicted octanol–water partition coefficient (Wildman–Crippen LogP) is 2.57. The maximum absolute atomic E-state index is 13.4. The number of halogens is 3. The van der Waals surface area contributed by atoms with Crippen molar-refractivity contribution in [2.45, 2.75) is 6.42 Å². The molecule has 4 nitrogen and oxygen atoms in total. The molecule has 0 radical (unpaired) electrons. The van der Waals surface area contributed by atoms with Crippen LogP contribution in [0.15, 0.2) is 35.3 Å². The second-order valence-electron chi connectivity index (χ2n) is 4.58. The molecule has 1 aromatic rings. The van der Waals surface area contributed by atoms with Gasteiger partial charge >= 0.3 is 0 Å². The van der Waals surface area contributed by atoms with Crippen LogP contribution in [0.4, 0.5) is 14.5 Å². The lowest BCUT2D eigenvalue weighted by Crippen LogP contribution is -2.31. The summed E-state index contributed by atoms with van der Waals surface area (Å²) in [6.07, 6.45) is 5.32. The zero-order valence-corrected chi connectivity index (χ0v) is 13.9. The summed E-state index contributed by atoms with van der Waals surface area (Å²) in [5, 5.41) is 2.57. The minimum atomic E-state index is -0.564. The molecule has 0 unspecified atom stereocenters. The first-order valence-corrected chi connectivity index (χ1v) is 6.54. The van der Waals surface area contributed by atoms with E-state index in [0.29, 0.717) is 6.54 Å². The van der Waals surface area contributed by atoms with Crippen molar-refractivity contribution in [2.24, 2.45) is 10.7 Å². The Morgan fingerprint density at radius 1 is 1.33 bits per heavy atom. The summed E-state index contributed by atoms with van der Waals surface area (Å²) in [6.45, 7) is 3.24. The van der Waals surface area contributed by atoms with Crippen LogP contribution < -0.4 is 11.1 Å². The molecule has 0 aliphatic carbocycles. The highest BCUT2D eigenvalue weighted by Crippen LogP contribution is 2.14. The maximum atomic E-state index is 13.4. The summed E-state index contributed by atoms with van der Waals surface area (Å²) >= 11 is 0. The molecule has 0 fully saturated rings. The Labute approximate surface area is 140 Å². The number of hydrogen-bond donors (Lipinski definition) is 2. The Morgan fingerprint density at radius 3 is 2.86 bits per heavy atom. The standard InChI is InChI=1S/C14H18F2N4.HI/c15-11-4-5-12(16)13(10-11)19-14(17)18-6-9-20-7-2-1-3-8-20;/h1-2,4-5,10H,3,6-9H2,(H3,17,18,19);1H. The molecule has 7 heteroatoms. The first-order valence-electron chi connectivity index (χ1n) is 6.54. The molecule has 116 valence electrons. The van der Waals surface area contributed by atoms with Gasteiger partial charge in [-0.05, 0) is 18.6 Å². The highest BCUT2D eigenvalue weighted by molar-refractivity contribution is 14.0. The lowest BCUT2D eigenvalue weighted by Gasteiger charge is -2.21. The molecule has 2 rings (SSSR count). The fourth-order valence-electron chi connectivity index (χ4n) is 1.98. The molecular weight excluding hydrogens is 389 g/mol. The number of nitrogens with zero attached hydrogens (tertiary/aromatic N) is 2. The zero-order valence-electron chi connectivity index (χ0n) is 11.6. The number of hydrogen-bond acceptors (Lipinski definition) is 2. The van der Waals surface area contributed by atoms with E-state index in [2.05, 4.69) is 27.4 Å². The number of rotatable bonds is 4. The minimum Gasteiger partial charge on any atom is -0.370 e. The van der Waals surface area contributed by atoms with Crippen molar-refractivity contribution in [3.63, 3.8) is 0 Å². The van der Waals surface area contributed by atoms with Gasteiger partial charge in [-0.2, -0.15) is 0 Å². The summed E-state index contributed by atoms with van der Waals surface area (Å²) in [7, 11) is 0. The van der Waals surface area contributed by atoms with E-state index in [1.807, 2.05) is 0 Å². The van der Waals surface area contributed by atoms with Crippen LogP contribution in [0.1, 0.15) is 6.42 Å². The smallest absolute Gasteiger partial charge is 0.193 e. The van der Waals surface area contributed by atoms with Gasteiger partial charge in [-0.25, -0.2) is 8.78 Å². The second-order valence-corrected chi connectivity index (χ2v) is 4.58. The van der Waals surface area contributed by atoms with E-state index in [-0.39, 0.29) is 35.6 Å². The molecule has 21 heavy (non-hydrogen) atoms. The first kappa shape index (κ1) is 17.8. The molecule has 1 aliphatic heterocycles. The number of nitrogens with one attached hydrogen (secondary N) is 1. The predicted molar refractivity (Wildman–Crippen MR) is 92.1 cm³/mol. The normalized spacial score (nSPS) is 15.6. The molecule has 0 atom stereocenters. The highest BCUT2D eigenvalue weighted by atomic mass is 127. The quantitative estimate of drug-likeness (QED) is 0.349. The molecule has 0 amide bonds. The summed E-state index contributed by atoms with van der Waals surface area (Å²) < 4.78 is 26.4.